The van der Waals surface area contributed by atoms with Crippen LogP contribution in [0.25, 0.3) is 0 Å². The third-order valence-electron chi connectivity index (χ3n) is 4.60. The molecule has 0 aromatic heterocycles. The summed E-state index contributed by atoms with van der Waals surface area (Å²) in [5, 5.41) is 2.78. The van der Waals surface area contributed by atoms with Gasteiger partial charge in [0.1, 0.15) is 6.04 Å². The van der Waals surface area contributed by atoms with E-state index in [0.717, 1.165) is 12.8 Å². The van der Waals surface area contributed by atoms with Crippen molar-refractivity contribution in [2.45, 2.75) is 25.3 Å². The van der Waals surface area contributed by atoms with Gasteiger partial charge in [-0.25, -0.2) is 4.79 Å². The fourth-order valence-corrected chi connectivity index (χ4v) is 3.19. The Morgan fingerprint density at radius 2 is 1.82 bits per heavy atom. The molecule has 9 heteroatoms. The van der Waals surface area contributed by atoms with Gasteiger partial charge in [0.05, 0.1) is 27.0 Å². The predicted molar refractivity (Wildman–Crippen MR) is 103 cm³/mol. The van der Waals surface area contributed by atoms with Crippen LogP contribution in [0.4, 0.5) is 10.5 Å². The van der Waals surface area contributed by atoms with Crippen molar-refractivity contribution in [1.29, 1.82) is 0 Å². The molecule has 0 radical (unpaired) electrons. The Morgan fingerprint density at radius 3 is 2.39 bits per heavy atom. The minimum Gasteiger partial charge on any atom is -0.493 e. The molecule has 28 heavy (non-hydrogen) atoms. The van der Waals surface area contributed by atoms with Crippen molar-refractivity contribution in [3.63, 3.8) is 0 Å². The van der Waals surface area contributed by atoms with E-state index in [1.165, 1.54) is 37.2 Å². The number of benzene rings is 1. The van der Waals surface area contributed by atoms with Crippen LogP contribution in [0.15, 0.2) is 12.1 Å². The number of methoxy groups -OCH3 is 3. The molecule has 154 valence electrons. The van der Waals surface area contributed by atoms with Gasteiger partial charge in [0.15, 0.2) is 11.5 Å². The molecular weight excluding hydrogens is 366 g/mol. The SMILES string of the molecule is COC(=O)N1CCCCC1C(=O)Nc1cc(C(=O)N(C)C)cc(OC)c1OC. The van der Waals surface area contributed by atoms with E-state index in [1.54, 1.807) is 20.2 Å². The Bertz CT molecular complexity index is 749. The number of hydrogen-bond acceptors (Lipinski definition) is 6. The molecule has 1 fully saturated rings. The molecule has 2 rings (SSSR count). The Kier molecular flexibility index (Phi) is 7.08. The number of rotatable bonds is 5. The van der Waals surface area contributed by atoms with Crippen molar-refractivity contribution in [3.05, 3.63) is 17.7 Å². The lowest BCUT2D eigenvalue weighted by Gasteiger charge is -2.33. The summed E-state index contributed by atoms with van der Waals surface area (Å²) in [6, 6.07) is 2.43. The fraction of sp³-hybridized carbons (Fsp3) is 0.526. The van der Waals surface area contributed by atoms with E-state index < -0.39 is 12.1 Å². The maximum atomic E-state index is 12.9. The third kappa shape index (κ3) is 4.47. The van der Waals surface area contributed by atoms with Gasteiger partial charge in [0.25, 0.3) is 5.91 Å². The number of carbonyl (C=O) groups excluding carboxylic acids is 3. The second-order valence-electron chi connectivity index (χ2n) is 6.62. The van der Waals surface area contributed by atoms with E-state index in [9.17, 15) is 14.4 Å². The molecule has 0 bridgehead atoms. The summed E-state index contributed by atoms with van der Waals surface area (Å²) in [5.74, 6) is -0.00392. The molecule has 0 spiro atoms. The lowest BCUT2D eigenvalue weighted by Crippen LogP contribution is -2.50. The van der Waals surface area contributed by atoms with E-state index in [-0.39, 0.29) is 11.8 Å². The van der Waals surface area contributed by atoms with Crippen LogP contribution in [0, 0.1) is 0 Å². The predicted octanol–water partition coefficient (Wildman–Crippen LogP) is 1.96. The topological polar surface area (TPSA) is 97.4 Å². The number of anilines is 1. The first-order chi connectivity index (χ1) is 13.3. The second-order valence-corrected chi connectivity index (χ2v) is 6.62. The first-order valence-corrected chi connectivity index (χ1v) is 8.97. The van der Waals surface area contributed by atoms with Gasteiger partial charge in [0.2, 0.25) is 5.91 Å². The third-order valence-corrected chi connectivity index (χ3v) is 4.60. The summed E-state index contributed by atoms with van der Waals surface area (Å²) in [7, 11) is 7.45. The highest BCUT2D eigenvalue weighted by atomic mass is 16.5. The largest absolute Gasteiger partial charge is 0.493 e. The molecule has 1 heterocycles. The van der Waals surface area contributed by atoms with E-state index in [1.807, 2.05) is 0 Å². The van der Waals surface area contributed by atoms with Gasteiger partial charge >= 0.3 is 6.09 Å². The number of piperidine rings is 1. The lowest BCUT2D eigenvalue weighted by molar-refractivity contribution is -0.121. The molecule has 3 amide bonds. The van der Waals surface area contributed by atoms with Gasteiger partial charge in [0, 0.05) is 26.2 Å². The van der Waals surface area contributed by atoms with Gasteiger partial charge < -0.3 is 24.4 Å². The van der Waals surface area contributed by atoms with Crippen LogP contribution in [0.3, 0.4) is 0 Å². The summed E-state index contributed by atoms with van der Waals surface area (Å²) in [5.41, 5.74) is 0.638. The monoisotopic (exact) mass is 393 g/mol. The fourth-order valence-electron chi connectivity index (χ4n) is 3.19. The Morgan fingerprint density at radius 1 is 1.11 bits per heavy atom. The van der Waals surface area contributed by atoms with Crippen LogP contribution in [-0.2, 0) is 9.53 Å². The summed E-state index contributed by atoms with van der Waals surface area (Å²) in [6.45, 7) is 0.449. The van der Waals surface area contributed by atoms with Crippen molar-refractivity contribution in [1.82, 2.24) is 9.80 Å². The average Bonchev–Trinajstić information content (AvgIpc) is 2.71. The van der Waals surface area contributed by atoms with Crippen LogP contribution in [0.2, 0.25) is 0 Å². The normalized spacial score (nSPS) is 16.2. The molecule has 1 aromatic carbocycles. The first kappa shape index (κ1) is 21.3. The van der Waals surface area contributed by atoms with Crippen LogP contribution < -0.4 is 14.8 Å². The molecule has 1 unspecified atom stereocenters. The minimum absolute atomic E-state index is 0.245. The highest BCUT2D eigenvalue weighted by Gasteiger charge is 2.33. The molecule has 1 N–H and O–H groups in total. The van der Waals surface area contributed by atoms with Gasteiger partial charge in [-0.2, -0.15) is 0 Å². The molecule has 0 saturated carbocycles. The van der Waals surface area contributed by atoms with Crippen LogP contribution in [0.5, 0.6) is 11.5 Å². The molecule has 1 aliphatic heterocycles. The average molecular weight is 393 g/mol. The molecule has 1 aromatic rings. The Balaban J connectivity index is 2.37. The molecule has 9 nitrogen and oxygen atoms in total. The van der Waals surface area contributed by atoms with E-state index in [0.29, 0.717) is 35.7 Å². The first-order valence-electron chi connectivity index (χ1n) is 8.97. The van der Waals surface area contributed by atoms with Crippen molar-refractivity contribution in [3.8, 4) is 11.5 Å². The highest BCUT2D eigenvalue weighted by molar-refractivity contribution is 6.01. The zero-order valence-corrected chi connectivity index (χ0v) is 16.9. The second kappa shape index (κ2) is 9.29. The number of ether oxygens (including phenoxy) is 3. The van der Waals surface area contributed by atoms with Gasteiger partial charge in [-0.1, -0.05) is 0 Å². The molecule has 0 aliphatic carbocycles. The lowest BCUT2D eigenvalue weighted by atomic mass is 10.0. The summed E-state index contributed by atoms with van der Waals surface area (Å²) < 4.78 is 15.5. The zero-order valence-electron chi connectivity index (χ0n) is 16.9. The Hall–Kier alpha value is -2.97. The minimum atomic E-state index is -0.662. The van der Waals surface area contributed by atoms with Crippen LogP contribution >= 0.6 is 0 Å². The number of likely N-dealkylation sites (tertiary alicyclic amines) is 1. The number of nitrogens with zero attached hydrogens (tertiary/aromatic N) is 2. The highest BCUT2D eigenvalue weighted by Crippen LogP contribution is 2.37. The van der Waals surface area contributed by atoms with E-state index in [4.69, 9.17) is 14.2 Å². The zero-order chi connectivity index (χ0) is 20.8. The quantitative estimate of drug-likeness (QED) is 0.821. The van der Waals surface area contributed by atoms with Crippen molar-refractivity contribution >= 4 is 23.6 Å². The maximum Gasteiger partial charge on any atom is 0.410 e. The molecule has 1 atom stereocenters. The summed E-state index contributed by atoms with van der Waals surface area (Å²) in [4.78, 5) is 40.2. The number of nitrogens with one attached hydrogen (secondary N) is 1. The van der Waals surface area contributed by atoms with Crippen LogP contribution in [-0.4, -0.2) is 75.7 Å². The maximum absolute atomic E-state index is 12.9. The van der Waals surface area contributed by atoms with Crippen molar-refractivity contribution in [2.24, 2.45) is 0 Å². The Labute approximate surface area is 164 Å². The summed E-state index contributed by atoms with van der Waals surface area (Å²) >= 11 is 0. The molecule has 1 saturated heterocycles. The summed E-state index contributed by atoms with van der Waals surface area (Å²) in [6.07, 6.45) is 1.62. The molecular formula is C19H27N3O6. The number of carbonyl (C=O) groups is 3. The number of hydrogen-bond donors (Lipinski definition) is 1. The smallest absolute Gasteiger partial charge is 0.410 e. The number of amides is 3. The van der Waals surface area contributed by atoms with Crippen molar-refractivity contribution < 1.29 is 28.6 Å². The standard InChI is InChI=1S/C19H27N3O6/c1-21(2)18(24)12-10-13(16(27-4)15(11-12)26-3)20-17(23)14-8-6-7-9-22(14)19(25)28-5/h10-11,14H,6-9H2,1-5H3,(H,20,23). The van der Waals surface area contributed by atoms with Crippen LogP contribution in [0.1, 0.15) is 29.6 Å². The van der Waals surface area contributed by atoms with Gasteiger partial charge in [-0.05, 0) is 31.4 Å². The molecule has 1 aliphatic rings. The van der Waals surface area contributed by atoms with E-state index in [2.05, 4.69) is 5.32 Å². The van der Waals surface area contributed by atoms with Gasteiger partial charge in [-0.15, -0.1) is 0 Å². The van der Waals surface area contributed by atoms with Gasteiger partial charge in [-0.3, -0.25) is 14.5 Å². The van der Waals surface area contributed by atoms with Crippen molar-refractivity contribution in [2.75, 3.05) is 47.3 Å². The van der Waals surface area contributed by atoms with E-state index >= 15 is 0 Å².